The highest BCUT2D eigenvalue weighted by Crippen LogP contribution is 2.57. The Balaban J connectivity index is 1.33. The van der Waals surface area contributed by atoms with Crippen LogP contribution in [0.5, 0.6) is 11.5 Å². The number of carbonyl (C=O) groups excluding carboxylic acids is 4. The number of allylic oxidation sites excluding steroid dienone is 2. The number of aryl methyl sites for hydroxylation is 2. The number of hydrogen-bond donors (Lipinski definition) is 2. The molecule has 0 saturated carbocycles. The average Bonchev–Trinajstić information content (AvgIpc) is 3.38. The summed E-state index contributed by atoms with van der Waals surface area (Å²) in [5.74, 6) is -3.85. The van der Waals surface area contributed by atoms with Crippen LogP contribution in [-0.4, -0.2) is 43.0 Å². The average molecular weight is 748 g/mol. The number of carbonyl (C=O) groups is 4. The van der Waals surface area contributed by atoms with Crippen molar-refractivity contribution in [3.05, 3.63) is 143 Å². The molecule has 4 amide bonds. The summed E-state index contributed by atoms with van der Waals surface area (Å²) < 4.78 is 97.4. The molecule has 4 aromatic rings. The molecule has 1 saturated heterocycles. The Morgan fingerprint density at radius 3 is 1.59 bits per heavy atom. The summed E-state index contributed by atoms with van der Waals surface area (Å²) in [5, 5.41) is 4.93. The molecule has 2 unspecified atom stereocenters. The standard InChI is InChI=1S/C40H31F6N3O5/c1-22-8-14-26(20-32(22)48-35(51)25-12-18-29(19-13-25)54-28-16-10-24(11-17-28)34(50)47-3)38(39(41,42)43,40(44,45)46)27-15-9-23(2)33(21-27)49-36(52)30-6-4-5-7-31(30)37(49)53/h4-21,30-31H,1-3H3,(H,47,50)(H,48,51). The predicted octanol–water partition coefficient (Wildman–Crippen LogP) is 8.35. The highest BCUT2D eigenvalue weighted by Gasteiger charge is 2.72. The second-order valence-electron chi connectivity index (χ2n) is 12.8. The molecule has 278 valence electrons. The van der Waals surface area contributed by atoms with Gasteiger partial charge in [-0.3, -0.25) is 19.2 Å². The van der Waals surface area contributed by atoms with Gasteiger partial charge in [-0.2, -0.15) is 26.3 Å². The van der Waals surface area contributed by atoms with Crippen LogP contribution in [0.3, 0.4) is 0 Å². The van der Waals surface area contributed by atoms with Crippen LogP contribution in [-0.2, 0) is 15.0 Å². The van der Waals surface area contributed by atoms with Crippen molar-refractivity contribution in [3.63, 3.8) is 0 Å². The van der Waals surface area contributed by atoms with Gasteiger partial charge in [-0.15, -0.1) is 0 Å². The molecular formula is C40H31F6N3O5. The number of hydrogen-bond acceptors (Lipinski definition) is 5. The van der Waals surface area contributed by atoms with E-state index in [1.165, 1.54) is 69.5 Å². The lowest BCUT2D eigenvalue weighted by molar-refractivity contribution is -0.288. The van der Waals surface area contributed by atoms with Crippen LogP contribution < -0.4 is 20.3 Å². The summed E-state index contributed by atoms with van der Waals surface area (Å²) in [6.07, 6.45) is -6.00. The van der Waals surface area contributed by atoms with Gasteiger partial charge in [-0.1, -0.05) is 48.6 Å². The summed E-state index contributed by atoms with van der Waals surface area (Å²) in [7, 11) is 1.49. The lowest BCUT2D eigenvalue weighted by Gasteiger charge is -2.39. The van der Waals surface area contributed by atoms with Crippen molar-refractivity contribution in [1.29, 1.82) is 0 Å². The SMILES string of the molecule is CNC(=O)c1ccc(Oc2ccc(C(=O)Nc3cc(C(c4ccc(C)c(N5C(=O)C6C=CC=CC6C5=O)c4)(C(F)(F)F)C(F)(F)F)ccc3C)cc2)cc1. The first-order chi connectivity index (χ1) is 25.5. The molecule has 1 fully saturated rings. The summed E-state index contributed by atoms with van der Waals surface area (Å²) >= 11 is 0. The van der Waals surface area contributed by atoms with Gasteiger partial charge in [0.05, 0.1) is 17.5 Å². The first-order valence-electron chi connectivity index (χ1n) is 16.5. The fraction of sp³-hybridized carbons (Fsp3) is 0.200. The van der Waals surface area contributed by atoms with Crippen molar-refractivity contribution in [2.45, 2.75) is 31.6 Å². The molecule has 8 nitrogen and oxygen atoms in total. The van der Waals surface area contributed by atoms with Crippen molar-refractivity contribution in [2.24, 2.45) is 11.8 Å². The lowest BCUT2D eigenvalue weighted by atomic mass is 9.72. The number of alkyl halides is 6. The Hall–Kier alpha value is -6.18. The minimum absolute atomic E-state index is 0.0217. The molecule has 0 spiro atoms. The molecule has 2 atom stereocenters. The van der Waals surface area contributed by atoms with Crippen LogP contribution in [0.1, 0.15) is 43.0 Å². The maximum Gasteiger partial charge on any atom is 0.411 e. The fourth-order valence-corrected chi connectivity index (χ4v) is 6.60. The molecule has 1 aliphatic heterocycles. The molecule has 1 aliphatic carbocycles. The Morgan fingerprint density at radius 1 is 0.648 bits per heavy atom. The van der Waals surface area contributed by atoms with Crippen molar-refractivity contribution < 1.29 is 50.3 Å². The van der Waals surface area contributed by atoms with Crippen LogP contribution >= 0.6 is 0 Å². The monoisotopic (exact) mass is 747 g/mol. The second kappa shape index (κ2) is 14.0. The third-order valence-corrected chi connectivity index (χ3v) is 9.49. The van der Waals surface area contributed by atoms with E-state index in [1.54, 1.807) is 24.3 Å². The number of fused-ring (bicyclic) bond motifs is 1. The number of nitrogens with one attached hydrogen (secondary N) is 2. The second-order valence-corrected chi connectivity index (χ2v) is 12.8. The van der Waals surface area contributed by atoms with Gasteiger partial charge in [0.2, 0.25) is 17.2 Å². The number of nitrogens with zero attached hydrogens (tertiary/aromatic N) is 1. The number of ether oxygens (including phenoxy) is 1. The van der Waals surface area contributed by atoms with Crippen molar-refractivity contribution >= 4 is 35.0 Å². The number of benzene rings is 4. The van der Waals surface area contributed by atoms with Crippen molar-refractivity contribution in [1.82, 2.24) is 5.32 Å². The van der Waals surface area contributed by atoms with Gasteiger partial charge in [0.1, 0.15) is 11.5 Å². The number of amides is 4. The summed E-state index contributed by atoms with van der Waals surface area (Å²) in [6, 6.07) is 16.4. The molecule has 54 heavy (non-hydrogen) atoms. The topological polar surface area (TPSA) is 105 Å². The van der Waals surface area contributed by atoms with E-state index in [-0.39, 0.29) is 28.3 Å². The van der Waals surface area contributed by atoms with Gasteiger partial charge in [0.15, 0.2) is 0 Å². The molecule has 14 heteroatoms. The van der Waals surface area contributed by atoms with Crippen LogP contribution in [0, 0.1) is 25.7 Å². The smallest absolute Gasteiger partial charge is 0.411 e. The molecule has 0 aromatic heterocycles. The van der Waals surface area contributed by atoms with E-state index in [9.17, 15) is 19.2 Å². The van der Waals surface area contributed by atoms with Gasteiger partial charge < -0.3 is 15.4 Å². The summed E-state index contributed by atoms with van der Waals surface area (Å²) in [6.45, 7) is 2.78. The molecule has 0 bridgehead atoms. The van der Waals surface area contributed by atoms with Crippen LogP contribution in [0.2, 0.25) is 0 Å². The van der Waals surface area contributed by atoms with E-state index in [0.717, 1.165) is 12.1 Å². The largest absolute Gasteiger partial charge is 0.457 e. The normalized spacial score (nSPS) is 17.0. The van der Waals surface area contributed by atoms with Gasteiger partial charge in [0.25, 0.3) is 11.8 Å². The quantitative estimate of drug-likeness (QED) is 0.139. The number of anilines is 2. The Bertz CT molecular complexity index is 2170. The molecule has 0 radical (unpaired) electrons. The van der Waals surface area contributed by atoms with E-state index in [1.807, 2.05) is 0 Å². The van der Waals surface area contributed by atoms with Crippen LogP contribution in [0.4, 0.5) is 37.7 Å². The molecule has 6 rings (SSSR count). The summed E-state index contributed by atoms with van der Waals surface area (Å²) in [4.78, 5) is 52.3. The molecule has 2 N–H and O–H groups in total. The number of halogens is 6. The Morgan fingerprint density at radius 2 is 1.11 bits per heavy atom. The molecule has 4 aromatic carbocycles. The predicted molar refractivity (Wildman–Crippen MR) is 187 cm³/mol. The van der Waals surface area contributed by atoms with Crippen molar-refractivity contribution in [3.8, 4) is 11.5 Å². The minimum atomic E-state index is -5.99. The highest BCUT2D eigenvalue weighted by molar-refractivity contribution is 6.23. The van der Waals surface area contributed by atoms with Crippen molar-refractivity contribution in [2.75, 3.05) is 17.3 Å². The number of imide groups is 1. The van der Waals surface area contributed by atoms with E-state index in [4.69, 9.17) is 4.74 Å². The number of rotatable bonds is 8. The molecular weight excluding hydrogens is 716 g/mol. The molecule has 2 aliphatic rings. The Labute approximate surface area is 305 Å². The van der Waals surface area contributed by atoms with Crippen LogP contribution in [0.25, 0.3) is 0 Å². The van der Waals surface area contributed by atoms with Gasteiger partial charge in [0, 0.05) is 23.9 Å². The van der Waals surface area contributed by atoms with E-state index >= 15 is 26.3 Å². The zero-order valence-corrected chi connectivity index (χ0v) is 28.8. The van der Waals surface area contributed by atoms with Gasteiger partial charge in [-0.25, -0.2) is 4.90 Å². The first kappa shape index (κ1) is 37.6. The van der Waals surface area contributed by atoms with E-state index in [0.29, 0.717) is 46.2 Å². The first-order valence-corrected chi connectivity index (χ1v) is 16.5. The Kier molecular flexibility index (Phi) is 9.73. The zero-order chi connectivity index (χ0) is 39.2. The van der Waals surface area contributed by atoms with Gasteiger partial charge in [-0.05, 0) is 96.8 Å². The lowest BCUT2D eigenvalue weighted by Crippen LogP contribution is -2.55. The fourth-order valence-electron chi connectivity index (χ4n) is 6.60. The summed E-state index contributed by atoms with van der Waals surface area (Å²) in [5.41, 5.74) is -7.17. The third kappa shape index (κ3) is 6.52. The maximum absolute atomic E-state index is 15.3. The molecule has 1 heterocycles. The van der Waals surface area contributed by atoms with Gasteiger partial charge >= 0.3 is 12.4 Å². The zero-order valence-electron chi connectivity index (χ0n) is 28.8. The maximum atomic E-state index is 15.3. The highest BCUT2D eigenvalue weighted by atomic mass is 19.4. The minimum Gasteiger partial charge on any atom is -0.457 e. The van der Waals surface area contributed by atoms with E-state index in [2.05, 4.69) is 10.6 Å². The van der Waals surface area contributed by atoms with Crippen LogP contribution in [0.15, 0.2) is 109 Å². The van der Waals surface area contributed by atoms with E-state index < -0.39 is 64.1 Å². The third-order valence-electron chi connectivity index (χ3n) is 9.49.